The predicted molar refractivity (Wildman–Crippen MR) is 106 cm³/mol. The van der Waals surface area contributed by atoms with E-state index in [1.165, 1.54) is 0 Å². The third-order valence-electron chi connectivity index (χ3n) is 5.04. The van der Waals surface area contributed by atoms with Gasteiger partial charge in [0, 0.05) is 12.6 Å². The number of amides is 1. The molecule has 28 heavy (non-hydrogen) atoms. The Labute approximate surface area is 163 Å². The number of rotatable bonds is 4. The van der Waals surface area contributed by atoms with Crippen molar-refractivity contribution in [3.63, 3.8) is 0 Å². The van der Waals surface area contributed by atoms with E-state index in [0.29, 0.717) is 5.76 Å². The summed E-state index contributed by atoms with van der Waals surface area (Å²) in [5.41, 5.74) is 4.19. The molecule has 1 atom stereocenters. The molecule has 0 unspecified atom stereocenters. The molecule has 6 heteroatoms. The van der Waals surface area contributed by atoms with Crippen LogP contribution in [0.5, 0.6) is 0 Å². The van der Waals surface area contributed by atoms with Gasteiger partial charge in [0.15, 0.2) is 0 Å². The predicted octanol–water partition coefficient (Wildman–Crippen LogP) is 4.13. The van der Waals surface area contributed by atoms with Crippen LogP contribution in [0.25, 0.3) is 17.3 Å². The molecule has 0 N–H and O–H groups in total. The van der Waals surface area contributed by atoms with Gasteiger partial charge in [0.1, 0.15) is 5.76 Å². The van der Waals surface area contributed by atoms with Gasteiger partial charge in [-0.25, -0.2) is 4.98 Å². The highest BCUT2D eigenvalue weighted by Crippen LogP contribution is 2.32. The number of carbonyl (C=O) groups excluding carboxylic acids is 1. The molecule has 3 aromatic rings. The molecule has 0 radical (unpaired) electrons. The first-order valence-corrected chi connectivity index (χ1v) is 9.42. The summed E-state index contributed by atoms with van der Waals surface area (Å²) in [6.45, 7) is 4.48. The van der Waals surface area contributed by atoms with Crippen LogP contribution < -0.4 is 0 Å². The maximum absolute atomic E-state index is 12.8. The molecule has 3 heterocycles. The summed E-state index contributed by atoms with van der Waals surface area (Å²) in [7, 11) is 0. The van der Waals surface area contributed by atoms with Crippen molar-refractivity contribution in [1.82, 2.24) is 20.0 Å². The Bertz CT molecular complexity index is 991. The first-order chi connectivity index (χ1) is 13.6. The Balaban J connectivity index is 1.58. The van der Waals surface area contributed by atoms with Gasteiger partial charge in [-0.1, -0.05) is 35.5 Å². The average molecular weight is 374 g/mol. The summed E-state index contributed by atoms with van der Waals surface area (Å²) in [6, 6.07) is 9.76. The Morgan fingerprint density at radius 1 is 1.21 bits per heavy atom. The normalized spacial score (nSPS) is 16.8. The number of nitrogens with zero attached hydrogens (tertiary/aromatic N) is 4. The maximum atomic E-state index is 12.8. The third kappa shape index (κ3) is 3.58. The lowest BCUT2D eigenvalue weighted by Crippen LogP contribution is -2.29. The van der Waals surface area contributed by atoms with Crippen molar-refractivity contribution in [1.29, 1.82) is 0 Å². The van der Waals surface area contributed by atoms with Crippen molar-refractivity contribution in [3.8, 4) is 11.3 Å². The maximum Gasteiger partial charge on any atom is 0.247 e. The molecule has 2 aromatic heterocycles. The van der Waals surface area contributed by atoms with Crippen LogP contribution in [0.1, 0.15) is 41.6 Å². The minimum absolute atomic E-state index is 0.00380. The van der Waals surface area contributed by atoms with Crippen molar-refractivity contribution >= 4 is 12.0 Å². The second-order valence-corrected chi connectivity index (χ2v) is 6.96. The molecule has 142 valence electrons. The van der Waals surface area contributed by atoms with Gasteiger partial charge in [-0.2, -0.15) is 0 Å². The first-order valence-electron chi connectivity index (χ1n) is 9.42. The topological polar surface area (TPSA) is 72.1 Å². The van der Waals surface area contributed by atoms with Crippen LogP contribution in [0, 0.1) is 13.8 Å². The van der Waals surface area contributed by atoms with Gasteiger partial charge in [-0.05, 0) is 38.3 Å². The van der Waals surface area contributed by atoms with Crippen LogP contribution in [0.2, 0.25) is 0 Å². The minimum Gasteiger partial charge on any atom is -0.361 e. The highest BCUT2D eigenvalue weighted by molar-refractivity contribution is 5.92. The summed E-state index contributed by atoms with van der Waals surface area (Å²) in [5.74, 6) is 0.713. The Morgan fingerprint density at radius 3 is 2.79 bits per heavy atom. The molecule has 4 rings (SSSR count). The SMILES string of the molecule is Cc1noc(C)c1-c1cncc([C@@H]2CCCN2C(=O)/C=C/c2ccccc2)n1. The van der Waals surface area contributed by atoms with E-state index in [1.54, 1.807) is 18.5 Å². The zero-order valence-electron chi connectivity index (χ0n) is 16.0. The zero-order chi connectivity index (χ0) is 19.5. The van der Waals surface area contributed by atoms with Crippen LogP contribution in [-0.4, -0.2) is 32.5 Å². The molecule has 1 fully saturated rings. The number of likely N-dealkylation sites (tertiary alicyclic amines) is 1. The molecule has 1 saturated heterocycles. The highest BCUT2D eigenvalue weighted by atomic mass is 16.5. The largest absolute Gasteiger partial charge is 0.361 e. The quantitative estimate of drug-likeness (QED) is 0.642. The van der Waals surface area contributed by atoms with Crippen molar-refractivity contribution in [3.05, 3.63) is 71.5 Å². The molecule has 1 aromatic carbocycles. The van der Waals surface area contributed by atoms with Crippen molar-refractivity contribution in [2.24, 2.45) is 0 Å². The molecular weight excluding hydrogens is 352 g/mol. The summed E-state index contributed by atoms with van der Waals surface area (Å²) >= 11 is 0. The van der Waals surface area contributed by atoms with Crippen molar-refractivity contribution in [2.45, 2.75) is 32.7 Å². The van der Waals surface area contributed by atoms with Gasteiger partial charge >= 0.3 is 0 Å². The van der Waals surface area contributed by atoms with Gasteiger partial charge in [-0.15, -0.1) is 0 Å². The van der Waals surface area contributed by atoms with Crippen molar-refractivity contribution in [2.75, 3.05) is 6.54 Å². The molecule has 0 spiro atoms. The van der Waals surface area contributed by atoms with Crippen LogP contribution in [0.4, 0.5) is 0 Å². The standard InChI is InChI=1S/C22H22N4O2/c1-15-22(16(2)28-25-15)19-14-23-13-18(24-19)20-9-6-12-26(20)21(27)11-10-17-7-4-3-5-8-17/h3-5,7-8,10-11,13-14,20H,6,9,12H2,1-2H3/b11-10+/t20-/m0/s1. The van der Waals surface area contributed by atoms with E-state index in [9.17, 15) is 4.79 Å². The fourth-order valence-corrected chi connectivity index (χ4v) is 3.68. The average Bonchev–Trinajstić information content (AvgIpc) is 3.34. The number of aryl methyl sites for hydroxylation is 2. The van der Waals surface area contributed by atoms with E-state index in [0.717, 1.165) is 47.6 Å². The number of hydrogen-bond acceptors (Lipinski definition) is 5. The number of hydrogen-bond donors (Lipinski definition) is 0. The summed E-state index contributed by atoms with van der Waals surface area (Å²) < 4.78 is 5.26. The Kier molecular flexibility index (Phi) is 5.02. The molecular formula is C22H22N4O2. The first kappa shape index (κ1) is 18.1. The highest BCUT2D eigenvalue weighted by Gasteiger charge is 2.30. The van der Waals surface area contributed by atoms with E-state index in [-0.39, 0.29) is 11.9 Å². The fourth-order valence-electron chi connectivity index (χ4n) is 3.68. The molecule has 1 aliphatic rings. The zero-order valence-corrected chi connectivity index (χ0v) is 16.0. The van der Waals surface area contributed by atoms with E-state index in [1.807, 2.05) is 55.2 Å². The lowest BCUT2D eigenvalue weighted by atomic mass is 10.1. The smallest absolute Gasteiger partial charge is 0.247 e. The lowest BCUT2D eigenvalue weighted by Gasteiger charge is -2.23. The van der Waals surface area contributed by atoms with E-state index >= 15 is 0 Å². The van der Waals surface area contributed by atoms with Gasteiger partial charge < -0.3 is 9.42 Å². The molecule has 1 amide bonds. The van der Waals surface area contributed by atoms with E-state index < -0.39 is 0 Å². The van der Waals surface area contributed by atoms with Crippen molar-refractivity contribution < 1.29 is 9.32 Å². The molecule has 0 saturated carbocycles. The Hall–Kier alpha value is -3.28. The lowest BCUT2D eigenvalue weighted by molar-refractivity contribution is -0.126. The van der Waals surface area contributed by atoms with E-state index in [2.05, 4.69) is 10.1 Å². The second kappa shape index (κ2) is 7.76. The monoisotopic (exact) mass is 374 g/mol. The van der Waals surface area contributed by atoms with Gasteiger partial charge in [0.25, 0.3) is 0 Å². The van der Waals surface area contributed by atoms with Crippen LogP contribution in [-0.2, 0) is 4.79 Å². The Morgan fingerprint density at radius 2 is 2.04 bits per heavy atom. The van der Waals surface area contributed by atoms with Crippen LogP contribution >= 0.6 is 0 Å². The van der Waals surface area contributed by atoms with Gasteiger partial charge in [0.05, 0.1) is 41.1 Å². The van der Waals surface area contributed by atoms with Crippen LogP contribution in [0.3, 0.4) is 0 Å². The van der Waals surface area contributed by atoms with Gasteiger partial charge in [0.2, 0.25) is 5.91 Å². The molecule has 0 aliphatic carbocycles. The fraction of sp³-hybridized carbons (Fsp3) is 0.273. The molecule has 0 bridgehead atoms. The summed E-state index contributed by atoms with van der Waals surface area (Å²) in [6.07, 6.45) is 8.78. The number of aromatic nitrogens is 3. The molecule has 6 nitrogen and oxygen atoms in total. The summed E-state index contributed by atoms with van der Waals surface area (Å²) in [4.78, 5) is 23.8. The minimum atomic E-state index is -0.0687. The third-order valence-corrected chi connectivity index (χ3v) is 5.04. The van der Waals surface area contributed by atoms with Crippen LogP contribution in [0.15, 0.2) is 53.3 Å². The number of benzene rings is 1. The second-order valence-electron chi connectivity index (χ2n) is 6.96. The summed E-state index contributed by atoms with van der Waals surface area (Å²) in [5, 5.41) is 4.00. The number of carbonyl (C=O) groups is 1. The van der Waals surface area contributed by atoms with E-state index in [4.69, 9.17) is 9.51 Å². The molecule has 1 aliphatic heterocycles. The van der Waals surface area contributed by atoms with Gasteiger partial charge in [-0.3, -0.25) is 9.78 Å².